The van der Waals surface area contributed by atoms with Gasteiger partial charge in [0.2, 0.25) is 0 Å². The van der Waals surface area contributed by atoms with Crippen LogP contribution < -0.4 is 0 Å². The SMILES string of the molecule is CN(Cc1ccccc1C(F)(F)F)C(=O)c1cccc(-n2cnnn2)c1. The fourth-order valence-corrected chi connectivity index (χ4v) is 2.54. The molecule has 1 heterocycles. The number of aromatic nitrogens is 4. The van der Waals surface area contributed by atoms with Crippen LogP contribution in [0.5, 0.6) is 0 Å². The van der Waals surface area contributed by atoms with E-state index >= 15 is 0 Å². The minimum atomic E-state index is -4.47. The van der Waals surface area contributed by atoms with Crippen LogP contribution in [0, 0.1) is 0 Å². The van der Waals surface area contributed by atoms with Crippen LogP contribution in [0.1, 0.15) is 21.5 Å². The molecule has 9 heteroatoms. The molecule has 0 aliphatic heterocycles. The van der Waals surface area contributed by atoms with Crippen molar-refractivity contribution in [3.63, 3.8) is 0 Å². The molecule has 0 atom stereocenters. The lowest BCUT2D eigenvalue weighted by molar-refractivity contribution is -0.138. The van der Waals surface area contributed by atoms with E-state index in [1.54, 1.807) is 24.3 Å². The molecule has 0 bridgehead atoms. The minimum Gasteiger partial charge on any atom is -0.337 e. The Kier molecular flexibility index (Phi) is 4.70. The number of hydrogen-bond acceptors (Lipinski definition) is 4. The monoisotopic (exact) mass is 361 g/mol. The Labute approximate surface area is 146 Å². The average molecular weight is 361 g/mol. The number of hydrogen-bond donors (Lipinski definition) is 0. The van der Waals surface area contributed by atoms with Crippen molar-refractivity contribution in [3.05, 3.63) is 71.5 Å². The smallest absolute Gasteiger partial charge is 0.337 e. The molecule has 134 valence electrons. The largest absolute Gasteiger partial charge is 0.416 e. The number of alkyl halides is 3. The molecule has 0 aliphatic carbocycles. The highest BCUT2D eigenvalue weighted by molar-refractivity contribution is 5.94. The van der Waals surface area contributed by atoms with Gasteiger partial charge in [0.05, 0.1) is 11.3 Å². The molecule has 0 saturated carbocycles. The number of rotatable bonds is 4. The van der Waals surface area contributed by atoms with Crippen LogP contribution in [-0.4, -0.2) is 38.1 Å². The first-order chi connectivity index (χ1) is 12.4. The number of carbonyl (C=O) groups excluding carboxylic acids is 1. The predicted octanol–water partition coefficient (Wildman–Crippen LogP) is 2.95. The molecule has 1 aromatic heterocycles. The van der Waals surface area contributed by atoms with Crippen molar-refractivity contribution in [1.29, 1.82) is 0 Å². The molecule has 3 rings (SSSR count). The lowest BCUT2D eigenvalue weighted by Crippen LogP contribution is -2.27. The van der Waals surface area contributed by atoms with E-state index in [1.807, 2.05) is 0 Å². The van der Waals surface area contributed by atoms with Gasteiger partial charge in [-0.1, -0.05) is 24.3 Å². The zero-order valence-corrected chi connectivity index (χ0v) is 13.7. The van der Waals surface area contributed by atoms with Crippen LogP contribution in [0.2, 0.25) is 0 Å². The summed E-state index contributed by atoms with van der Waals surface area (Å²) in [5.41, 5.74) is 0.185. The number of amides is 1. The van der Waals surface area contributed by atoms with Gasteiger partial charge >= 0.3 is 6.18 Å². The molecule has 0 N–H and O–H groups in total. The summed E-state index contributed by atoms with van der Waals surface area (Å²) in [7, 11) is 1.46. The zero-order chi connectivity index (χ0) is 18.7. The topological polar surface area (TPSA) is 63.9 Å². The molecule has 0 aliphatic rings. The van der Waals surface area contributed by atoms with Crippen LogP contribution in [-0.2, 0) is 12.7 Å². The third kappa shape index (κ3) is 3.71. The highest BCUT2D eigenvalue weighted by atomic mass is 19.4. The lowest BCUT2D eigenvalue weighted by atomic mass is 10.1. The molecule has 0 unspecified atom stereocenters. The standard InChI is InChI=1S/C17H14F3N5O/c1-24(10-13-5-2-3-8-15(13)17(18,19)20)16(26)12-6-4-7-14(9-12)25-11-21-22-23-25/h2-9,11H,10H2,1H3. The number of tetrazole rings is 1. The van der Waals surface area contributed by atoms with Crippen molar-refractivity contribution < 1.29 is 18.0 Å². The van der Waals surface area contributed by atoms with Crippen molar-refractivity contribution in [3.8, 4) is 5.69 Å². The van der Waals surface area contributed by atoms with E-state index in [0.29, 0.717) is 11.3 Å². The Balaban J connectivity index is 1.82. The Bertz CT molecular complexity index is 909. The molecule has 26 heavy (non-hydrogen) atoms. The second-order valence-electron chi connectivity index (χ2n) is 5.62. The third-order valence-electron chi connectivity index (χ3n) is 3.78. The summed E-state index contributed by atoms with van der Waals surface area (Å²) in [6, 6.07) is 11.7. The molecule has 0 saturated heterocycles. The van der Waals surface area contributed by atoms with E-state index in [9.17, 15) is 18.0 Å². The molecule has 0 fully saturated rings. The molecule has 2 aromatic carbocycles. The second-order valence-corrected chi connectivity index (χ2v) is 5.62. The minimum absolute atomic E-state index is 0.0347. The van der Waals surface area contributed by atoms with Crippen molar-refractivity contribution in [1.82, 2.24) is 25.1 Å². The number of nitrogens with zero attached hydrogens (tertiary/aromatic N) is 5. The van der Waals surface area contributed by atoms with E-state index in [2.05, 4.69) is 15.5 Å². The lowest BCUT2D eigenvalue weighted by Gasteiger charge is -2.20. The van der Waals surface area contributed by atoms with Crippen LogP contribution >= 0.6 is 0 Å². The summed E-state index contributed by atoms with van der Waals surface area (Å²) in [6.07, 6.45) is -3.09. The van der Waals surface area contributed by atoms with Crippen molar-refractivity contribution in [2.24, 2.45) is 0 Å². The van der Waals surface area contributed by atoms with Gasteiger partial charge in [0.15, 0.2) is 0 Å². The fourth-order valence-electron chi connectivity index (χ4n) is 2.54. The fraction of sp³-hybridized carbons (Fsp3) is 0.176. The van der Waals surface area contributed by atoms with Crippen molar-refractivity contribution >= 4 is 5.91 Å². The molecule has 0 spiro atoms. The Morgan fingerprint density at radius 3 is 2.62 bits per heavy atom. The van der Waals surface area contributed by atoms with E-state index in [1.165, 1.54) is 41.2 Å². The number of carbonyl (C=O) groups is 1. The van der Waals surface area contributed by atoms with Crippen molar-refractivity contribution in [2.75, 3.05) is 7.05 Å². The summed E-state index contributed by atoms with van der Waals surface area (Å²) in [6.45, 7) is -0.163. The quantitative estimate of drug-likeness (QED) is 0.717. The summed E-state index contributed by atoms with van der Waals surface area (Å²) in [5, 5.41) is 10.8. The maximum Gasteiger partial charge on any atom is 0.416 e. The van der Waals surface area contributed by atoms with Crippen LogP contribution in [0.3, 0.4) is 0 Å². The van der Waals surface area contributed by atoms with Gasteiger partial charge in [0.1, 0.15) is 6.33 Å². The Morgan fingerprint density at radius 1 is 1.15 bits per heavy atom. The molecule has 6 nitrogen and oxygen atoms in total. The molecular weight excluding hydrogens is 347 g/mol. The van der Waals surface area contributed by atoms with Crippen LogP contribution in [0.15, 0.2) is 54.9 Å². The number of halogens is 3. The molecule has 1 amide bonds. The number of benzene rings is 2. The van der Waals surface area contributed by atoms with Gasteiger partial charge in [-0.25, -0.2) is 4.68 Å². The van der Waals surface area contributed by atoms with Gasteiger partial charge in [0.25, 0.3) is 5.91 Å². The van der Waals surface area contributed by atoms with Crippen LogP contribution in [0.25, 0.3) is 5.69 Å². The molecule has 0 radical (unpaired) electrons. The van der Waals surface area contributed by atoms with Crippen molar-refractivity contribution in [2.45, 2.75) is 12.7 Å². The predicted molar refractivity (Wildman–Crippen MR) is 86.4 cm³/mol. The summed E-state index contributed by atoms with van der Waals surface area (Å²) in [4.78, 5) is 13.9. The normalized spacial score (nSPS) is 11.4. The van der Waals surface area contributed by atoms with E-state index in [0.717, 1.165) is 6.07 Å². The van der Waals surface area contributed by atoms with Gasteiger partial charge in [-0.15, -0.1) is 5.10 Å². The zero-order valence-electron chi connectivity index (χ0n) is 13.7. The second kappa shape index (κ2) is 6.95. The maximum atomic E-state index is 13.1. The summed E-state index contributed by atoms with van der Waals surface area (Å²) in [5.74, 6) is -0.406. The first kappa shape index (κ1) is 17.6. The van der Waals surface area contributed by atoms with E-state index < -0.39 is 17.6 Å². The average Bonchev–Trinajstić information content (AvgIpc) is 3.15. The summed E-state index contributed by atoms with van der Waals surface area (Å²) < 4.78 is 40.7. The van der Waals surface area contributed by atoms with Gasteiger partial charge in [-0.2, -0.15) is 13.2 Å². The maximum absolute atomic E-state index is 13.1. The van der Waals surface area contributed by atoms with Gasteiger partial charge in [-0.05, 0) is 40.3 Å². The Hall–Kier alpha value is -3.23. The molecule has 3 aromatic rings. The Morgan fingerprint density at radius 2 is 1.92 bits per heavy atom. The first-order valence-electron chi connectivity index (χ1n) is 7.60. The van der Waals surface area contributed by atoms with Crippen LogP contribution in [0.4, 0.5) is 13.2 Å². The van der Waals surface area contributed by atoms with Gasteiger partial charge < -0.3 is 4.90 Å². The first-order valence-corrected chi connectivity index (χ1v) is 7.60. The highest BCUT2D eigenvalue weighted by Crippen LogP contribution is 2.32. The molecular formula is C17H14F3N5O. The third-order valence-corrected chi connectivity index (χ3v) is 3.78. The van der Waals surface area contributed by atoms with Gasteiger partial charge in [0, 0.05) is 19.2 Å². The summed E-state index contributed by atoms with van der Waals surface area (Å²) >= 11 is 0. The highest BCUT2D eigenvalue weighted by Gasteiger charge is 2.33. The van der Waals surface area contributed by atoms with Gasteiger partial charge in [-0.3, -0.25) is 4.79 Å². The van der Waals surface area contributed by atoms with E-state index in [4.69, 9.17) is 0 Å². The van der Waals surface area contributed by atoms with E-state index in [-0.39, 0.29) is 12.1 Å².